The Hall–Kier alpha value is -3.28. The number of carbonyl (C=O) groups excluding carboxylic acids is 1. The van der Waals surface area contributed by atoms with E-state index in [0.717, 1.165) is 27.3 Å². The molecule has 5 rings (SSSR count). The number of hydrogen-bond acceptors (Lipinski definition) is 9. The topological polar surface area (TPSA) is 121 Å². The summed E-state index contributed by atoms with van der Waals surface area (Å²) < 4.78 is 12.9. The first kappa shape index (κ1) is 21.6. The number of hydrogen-bond donors (Lipinski definition) is 1. The molecule has 0 saturated carbocycles. The Morgan fingerprint density at radius 3 is 2.85 bits per heavy atom. The van der Waals surface area contributed by atoms with Crippen LogP contribution in [0.2, 0.25) is 0 Å². The number of fused-ring (bicyclic) bond motifs is 1. The number of β-lactam (4-membered cyclic amide) rings is 1. The lowest BCUT2D eigenvalue weighted by Crippen LogP contribution is -2.70. The van der Waals surface area contributed by atoms with Crippen LogP contribution < -0.4 is 10.5 Å². The molecule has 33 heavy (non-hydrogen) atoms. The summed E-state index contributed by atoms with van der Waals surface area (Å²) in [5.74, 6) is 1.72. The van der Waals surface area contributed by atoms with E-state index < -0.39 is 12.3 Å². The molecule has 2 atom stereocenters. The maximum Gasteiger partial charge on any atom is 0.250 e. The van der Waals surface area contributed by atoms with Gasteiger partial charge >= 0.3 is 0 Å². The number of pyridine rings is 1. The molecule has 0 bridgehead atoms. The lowest BCUT2D eigenvalue weighted by Gasteiger charge is -2.48. The Bertz CT molecular complexity index is 1210. The van der Waals surface area contributed by atoms with Gasteiger partial charge in [0.1, 0.15) is 11.8 Å². The van der Waals surface area contributed by atoms with Crippen molar-refractivity contribution in [1.82, 2.24) is 30.1 Å². The molecule has 0 unspecified atom stereocenters. The minimum Gasteiger partial charge on any atom is -0.497 e. The fourth-order valence-corrected chi connectivity index (χ4v) is 4.80. The molecule has 0 spiro atoms. The molecule has 2 aliphatic rings. The molecular weight excluding hydrogens is 442 g/mol. The normalized spacial score (nSPS) is 20.0. The fraction of sp³-hybridized carbons (Fsp3) is 0.318. The molecule has 2 N–H and O–H groups in total. The van der Waals surface area contributed by atoms with E-state index >= 15 is 0 Å². The van der Waals surface area contributed by atoms with E-state index in [9.17, 15) is 4.79 Å². The maximum absolute atomic E-state index is 12.7. The van der Waals surface area contributed by atoms with Gasteiger partial charge in [-0.1, -0.05) is 6.07 Å². The summed E-state index contributed by atoms with van der Waals surface area (Å²) in [4.78, 5) is 19.4. The number of carbonyl (C=O) groups is 1. The average molecular weight is 466 g/mol. The second-order valence-electron chi connectivity index (χ2n) is 7.81. The number of ether oxygens (including phenoxy) is 2. The van der Waals surface area contributed by atoms with Crippen molar-refractivity contribution in [2.24, 2.45) is 5.73 Å². The minimum atomic E-state index is -0.678. The lowest BCUT2D eigenvalue weighted by molar-refractivity contribution is -0.170. The van der Waals surface area contributed by atoms with Crippen LogP contribution in [-0.2, 0) is 16.1 Å². The highest BCUT2D eigenvalue weighted by Gasteiger charge is 2.52. The SMILES string of the molecule is COc1ccc(Cn2nnnc2C2=C(CSc3ccncc3)CO[C@@H]3[C@H](N)C(=O)N23)c(C)c1. The predicted octanol–water partition coefficient (Wildman–Crippen LogP) is 1.46. The third-order valence-electron chi connectivity index (χ3n) is 5.76. The number of thioether (sulfide) groups is 1. The summed E-state index contributed by atoms with van der Waals surface area (Å²) in [5, 5.41) is 12.4. The van der Waals surface area contributed by atoms with E-state index in [-0.39, 0.29) is 5.91 Å². The molecule has 2 aromatic heterocycles. The average Bonchev–Trinajstić information content (AvgIpc) is 3.31. The third-order valence-corrected chi connectivity index (χ3v) is 6.86. The third kappa shape index (κ3) is 3.99. The zero-order valence-corrected chi connectivity index (χ0v) is 19.0. The van der Waals surface area contributed by atoms with Crippen LogP contribution in [0, 0.1) is 6.92 Å². The van der Waals surface area contributed by atoms with Crippen LogP contribution in [0.15, 0.2) is 53.2 Å². The monoisotopic (exact) mass is 465 g/mol. The highest BCUT2D eigenvalue weighted by Crippen LogP contribution is 2.38. The second kappa shape index (κ2) is 8.93. The van der Waals surface area contributed by atoms with Crippen LogP contribution >= 0.6 is 11.8 Å². The van der Waals surface area contributed by atoms with E-state index in [1.807, 2.05) is 37.3 Å². The standard InChI is InChI=1S/C22H23N7O3S/c1-13-9-16(31-2)4-3-14(13)10-28-20(25-26-27-28)19-15(12-33-17-5-7-24-8-6-17)11-32-22-18(23)21(30)29(19)22/h3-9,18,22H,10-12,23H2,1-2H3/t18-,22-/m1/s1. The number of amides is 1. The van der Waals surface area contributed by atoms with Gasteiger partial charge < -0.3 is 15.2 Å². The van der Waals surface area contributed by atoms with Crippen molar-refractivity contribution in [1.29, 1.82) is 0 Å². The maximum atomic E-state index is 12.7. The molecule has 1 saturated heterocycles. The van der Waals surface area contributed by atoms with Gasteiger partial charge in [0, 0.05) is 23.0 Å². The van der Waals surface area contributed by atoms with Crippen molar-refractivity contribution in [3.63, 3.8) is 0 Å². The zero-order valence-electron chi connectivity index (χ0n) is 18.2. The first-order chi connectivity index (χ1) is 16.1. The molecule has 1 amide bonds. The first-order valence-electron chi connectivity index (χ1n) is 10.4. The van der Waals surface area contributed by atoms with Crippen LogP contribution in [0.1, 0.15) is 17.0 Å². The minimum absolute atomic E-state index is 0.198. The number of rotatable bonds is 7. The van der Waals surface area contributed by atoms with E-state index in [1.54, 1.807) is 40.8 Å². The Kier molecular flexibility index (Phi) is 5.83. The van der Waals surface area contributed by atoms with Gasteiger partial charge in [0.05, 0.1) is 26.0 Å². The Balaban J connectivity index is 1.49. The number of nitrogens with two attached hydrogens (primary N) is 1. The van der Waals surface area contributed by atoms with E-state index in [2.05, 4.69) is 20.5 Å². The Morgan fingerprint density at radius 2 is 2.09 bits per heavy atom. The van der Waals surface area contributed by atoms with Crippen molar-refractivity contribution in [2.75, 3.05) is 19.5 Å². The number of nitrogens with zero attached hydrogens (tertiary/aromatic N) is 6. The molecule has 0 radical (unpaired) electrons. The summed E-state index contributed by atoms with van der Waals surface area (Å²) in [6, 6.07) is 9.08. The molecule has 1 aromatic carbocycles. The molecule has 3 aromatic rings. The molecule has 0 aliphatic carbocycles. The van der Waals surface area contributed by atoms with Gasteiger partial charge in [0.25, 0.3) is 5.91 Å². The van der Waals surface area contributed by atoms with Gasteiger partial charge in [-0.15, -0.1) is 16.9 Å². The molecule has 10 nitrogen and oxygen atoms in total. The summed E-state index contributed by atoms with van der Waals surface area (Å²) in [5.41, 5.74) is 9.70. The van der Waals surface area contributed by atoms with Gasteiger partial charge in [0.15, 0.2) is 12.1 Å². The predicted molar refractivity (Wildman–Crippen MR) is 121 cm³/mol. The van der Waals surface area contributed by atoms with E-state index in [1.165, 1.54) is 0 Å². The largest absolute Gasteiger partial charge is 0.497 e. The van der Waals surface area contributed by atoms with Gasteiger partial charge in [-0.2, -0.15) is 0 Å². The van der Waals surface area contributed by atoms with Crippen molar-refractivity contribution in [3.05, 3.63) is 65.2 Å². The zero-order chi connectivity index (χ0) is 22.9. The van der Waals surface area contributed by atoms with Crippen LogP contribution in [0.3, 0.4) is 0 Å². The Labute approximate surface area is 194 Å². The number of benzene rings is 1. The summed E-state index contributed by atoms with van der Waals surface area (Å²) in [6.45, 7) is 2.82. The Morgan fingerprint density at radius 1 is 1.27 bits per heavy atom. The van der Waals surface area contributed by atoms with Gasteiger partial charge in [-0.25, -0.2) is 4.68 Å². The molecule has 4 heterocycles. The molecular formula is C22H23N7O3S. The highest BCUT2D eigenvalue weighted by atomic mass is 32.2. The number of aromatic nitrogens is 5. The van der Waals surface area contributed by atoms with Crippen molar-refractivity contribution in [3.8, 4) is 5.75 Å². The fourth-order valence-electron chi connectivity index (χ4n) is 3.92. The van der Waals surface area contributed by atoms with E-state index in [4.69, 9.17) is 15.2 Å². The van der Waals surface area contributed by atoms with Crippen molar-refractivity contribution in [2.45, 2.75) is 30.6 Å². The molecule has 1 fully saturated rings. The van der Waals surface area contributed by atoms with Crippen molar-refractivity contribution < 1.29 is 14.3 Å². The molecule has 11 heteroatoms. The van der Waals surface area contributed by atoms with Crippen LogP contribution in [0.5, 0.6) is 5.75 Å². The van der Waals surface area contributed by atoms with Crippen LogP contribution in [0.25, 0.3) is 5.70 Å². The summed E-state index contributed by atoms with van der Waals surface area (Å²) >= 11 is 1.63. The summed E-state index contributed by atoms with van der Waals surface area (Å²) in [6.07, 6.45) is 3.00. The van der Waals surface area contributed by atoms with Crippen LogP contribution in [-0.4, -0.2) is 67.7 Å². The number of aryl methyl sites for hydroxylation is 1. The number of methoxy groups -OCH3 is 1. The molecule has 170 valence electrons. The van der Waals surface area contributed by atoms with Gasteiger partial charge in [0.2, 0.25) is 0 Å². The highest BCUT2D eigenvalue weighted by molar-refractivity contribution is 7.99. The van der Waals surface area contributed by atoms with E-state index in [0.29, 0.717) is 30.4 Å². The van der Waals surface area contributed by atoms with Gasteiger partial charge in [-0.3, -0.25) is 14.7 Å². The van der Waals surface area contributed by atoms with Crippen molar-refractivity contribution >= 4 is 23.4 Å². The second-order valence-corrected chi connectivity index (χ2v) is 8.86. The summed E-state index contributed by atoms with van der Waals surface area (Å²) in [7, 11) is 1.64. The number of tetrazole rings is 1. The smallest absolute Gasteiger partial charge is 0.250 e. The van der Waals surface area contributed by atoms with Crippen LogP contribution in [0.4, 0.5) is 0 Å². The molecule has 2 aliphatic heterocycles. The van der Waals surface area contributed by atoms with Gasteiger partial charge in [-0.05, 0) is 58.3 Å². The quantitative estimate of drug-likeness (QED) is 0.408. The first-order valence-corrected chi connectivity index (χ1v) is 11.4. The lowest BCUT2D eigenvalue weighted by atomic mass is 9.99.